The first-order chi connectivity index (χ1) is 7.02. The summed E-state index contributed by atoms with van der Waals surface area (Å²) in [5.41, 5.74) is 3.68. The van der Waals surface area contributed by atoms with Gasteiger partial charge >= 0.3 is 0 Å². The standard InChI is InChI=1S/C12H17NO2/c1-7-6-10(15-5)8(2)9(3)11(7)12(14)13-4/h6H,1-5H3,(H,13,14). The molecule has 0 saturated heterocycles. The number of carbonyl (C=O) groups is 1. The van der Waals surface area contributed by atoms with Crippen molar-refractivity contribution in [1.29, 1.82) is 0 Å². The lowest BCUT2D eigenvalue weighted by Gasteiger charge is -2.14. The summed E-state index contributed by atoms with van der Waals surface area (Å²) in [6.07, 6.45) is 0. The second-order valence-corrected chi connectivity index (χ2v) is 3.60. The fourth-order valence-electron chi connectivity index (χ4n) is 1.73. The number of amides is 1. The van der Waals surface area contributed by atoms with E-state index in [0.29, 0.717) is 0 Å². The van der Waals surface area contributed by atoms with Gasteiger partial charge in [0.25, 0.3) is 5.91 Å². The molecular formula is C12H17NO2. The second-order valence-electron chi connectivity index (χ2n) is 3.60. The Balaban J connectivity index is 3.42. The fourth-order valence-corrected chi connectivity index (χ4v) is 1.73. The van der Waals surface area contributed by atoms with Crippen LogP contribution in [0.2, 0.25) is 0 Å². The average Bonchev–Trinajstić information content (AvgIpc) is 2.23. The van der Waals surface area contributed by atoms with Gasteiger partial charge in [0.1, 0.15) is 5.75 Å². The molecule has 0 fully saturated rings. The highest BCUT2D eigenvalue weighted by molar-refractivity contribution is 5.97. The third kappa shape index (κ3) is 1.96. The van der Waals surface area contributed by atoms with E-state index in [1.54, 1.807) is 14.2 Å². The van der Waals surface area contributed by atoms with Gasteiger partial charge in [0.15, 0.2) is 0 Å². The van der Waals surface area contributed by atoms with E-state index < -0.39 is 0 Å². The summed E-state index contributed by atoms with van der Waals surface area (Å²) < 4.78 is 5.24. The van der Waals surface area contributed by atoms with Crippen LogP contribution >= 0.6 is 0 Å². The molecular weight excluding hydrogens is 190 g/mol. The maximum atomic E-state index is 11.7. The lowest BCUT2D eigenvalue weighted by molar-refractivity contribution is 0.0961. The molecule has 0 spiro atoms. The number of ether oxygens (including phenoxy) is 1. The Hall–Kier alpha value is -1.51. The van der Waals surface area contributed by atoms with E-state index in [9.17, 15) is 4.79 Å². The molecule has 1 N–H and O–H groups in total. The monoisotopic (exact) mass is 207 g/mol. The quantitative estimate of drug-likeness (QED) is 0.805. The van der Waals surface area contributed by atoms with Gasteiger partial charge < -0.3 is 10.1 Å². The number of rotatable bonds is 2. The van der Waals surface area contributed by atoms with E-state index in [-0.39, 0.29) is 5.91 Å². The van der Waals surface area contributed by atoms with Gasteiger partial charge in [-0.25, -0.2) is 0 Å². The van der Waals surface area contributed by atoms with Crippen LogP contribution in [0.4, 0.5) is 0 Å². The highest BCUT2D eigenvalue weighted by Crippen LogP contribution is 2.27. The molecule has 0 aliphatic heterocycles. The van der Waals surface area contributed by atoms with E-state index >= 15 is 0 Å². The minimum atomic E-state index is -0.0456. The fraction of sp³-hybridized carbons (Fsp3) is 0.417. The van der Waals surface area contributed by atoms with E-state index in [4.69, 9.17) is 4.74 Å². The number of aryl methyl sites for hydroxylation is 1. The molecule has 0 unspecified atom stereocenters. The van der Waals surface area contributed by atoms with Crippen LogP contribution in [-0.4, -0.2) is 20.1 Å². The topological polar surface area (TPSA) is 38.3 Å². The normalized spacial score (nSPS) is 9.93. The maximum absolute atomic E-state index is 11.7. The molecule has 1 amide bonds. The number of hydrogen-bond acceptors (Lipinski definition) is 2. The molecule has 3 nitrogen and oxygen atoms in total. The summed E-state index contributed by atoms with van der Waals surface area (Å²) in [4.78, 5) is 11.7. The lowest BCUT2D eigenvalue weighted by atomic mass is 9.97. The highest BCUT2D eigenvalue weighted by atomic mass is 16.5. The summed E-state index contributed by atoms with van der Waals surface area (Å²) in [7, 11) is 3.28. The summed E-state index contributed by atoms with van der Waals surface area (Å²) in [6, 6.07) is 1.90. The van der Waals surface area contributed by atoms with Crippen molar-refractivity contribution in [2.24, 2.45) is 0 Å². The molecule has 0 bridgehead atoms. The van der Waals surface area contributed by atoms with Gasteiger partial charge in [-0.3, -0.25) is 4.79 Å². The van der Waals surface area contributed by atoms with Crippen LogP contribution in [0.1, 0.15) is 27.0 Å². The van der Waals surface area contributed by atoms with Crippen LogP contribution in [0.15, 0.2) is 6.07 Å². The van der Waals surface area contributed by atoms with Gasteiger partial charge in [0.05, 0.1) is 7.11 Å². The highest BCUT2D eigenvalue weighted by Gasteiger charge is 2.15. The number of carbonyl (C=O) groups excluding carboxylic acids is 1. The minimum absolute atomic E-state index is 0.0456. The zero-order valence-corrected chi connectivity index (χ0v) is 9.89. The molecule has 0 aromatic heterocycles. The SMILES string of the molecule is CNC(=O)c1c(C)cc(OC)c(C)c1C. The molecule has 0 atom stereocenters. The van der Waals surface area contributed by atoms with E-state index in [2.05, 4.69) is 5.32 Å². The first-order valence-corrected chi connectivity index (χ1v) is 4.89. The molecule has 1 aromatic carbocycles. The number of benzene rings is 1. The molecule has 0 aliphatic carbocycles. The van der Waals surface area contributed by atoms with Gasteiger partial charge in [0.2, 0.25) is 0 Å². The maximum Gasteiger partial charge on any atom is 0.251 e. The van der Waals surface area contributed by atoms with Crippen LogP contribution < -0.4 is 10.1 Å². The average molecular weight is 207 g/mol. The number of hydrogen-bond donors (Lipinski definition) is 1. The molecule has 0 aliphatic rings. The molecule has 0 saturated carbocycles. The Bertz CT molecular complexity index is 397. The summed E-state index contributed by atoms with van der Waals surface area (Å²) in [5.74, 6) is 0.786. The van der Waals surface area contributed by atoms with Crippen LogP contribution in [-0.2, 0) is 0 Å². The molecule has 0 radical (unpaired) electrons. The zero-order valence-electron chi connectivity index (χ0n) is 9.89. The van der Waals surface area contributed by atoms with Gasteiger partial charge in [0, 0.05) is 12.6 Å². The number of methoxy groups -OCH3 is 1. The van der Waals surface area contributed by atoms with Crippen LogP contribution in [0, 0.1) is 20.8 Å². The number of nitrogens with one attached hydrogen (secondary N) is 1. The lowest BCUT2D eigenvalue weighted by Crippen LogP contribution is -2.20. The van der Waals surface area contributed by atoms with Gasteiger partial charge in [-0.15, -0.1) is 0 Å². The summed E-state index contributed by atoms with van der Waals surface area (Å²) >= 11 is 0. The molecule has 0 heterocycles. The largest absolute Gasteiger partial charge is 0.496 e. The van der Waals surface area contributed by atoms with Gasteiger partial charge in [-0.05, 0) is 43.5 Å². The van der Waals surface area contributed by atoms with E-state index in [1.807, 2.05) is 26.8 Å². The van der Waals surface area contributed by atoms with Crippen molar-refractivity contribution in [3.63, 3.8) is 0 Å². The van der Waals surface area contributed by atoms with Crippen molar-refractivity contribution in [2.75, 3.05) is 14.2 Å². The van der Waals surface area contributed by atoms with Crippen LogP contribution in [0.5, 0.6) is 5.75 Å². The summed E-state index contributed by atoms with van der Waals surface area (Å²) in [5, 5.41) is 2.65. The Morgan fingerprint density at radius 2 is 1.87 bits per heavy atom. The van der Waals surface area contributed by atoms with Crippen LogP contribution in [0.3, 0.4) is 0 Å². The Kier molecular flexibility index (Phi) is 3.35. The molecule has 82 valence electrons. The summed E-state index contributed by atoms with van der Waals surface area (Å²) in [6.45, 7) is 5.81. The van der Waals surface area contributed by atoms with E-state index in [1.165, 1.54) is 0 Å². The Morgan fingerprint density at radius 3 is 2.33 bits per heavy atom. The van der Waals surface area contributed by atoms with E-state index in [0.717, 1.165) is 28.0 Å². The molecule has 1 rings (SSSR count). The van der Waals surface area contributed by atoms with Crippen LogP contribution in [0.25, 0.3) is 0 Å². The van der Waals surface area contributed by atoms with Gasteiger partial charge in [-0.1, -0.05) is 0 Å². The van der Waals surface area contributed by atoms with Crippen molar-refractivity contribution < 1.29 is 9.53 Å². The van der Waals surface area contributed by atoms with Crippen molar-refractivity contribution >= 4 is 5.91 Å². The zero-order chi connectivity index (χ0) is 11.6. The van der Waals surface area contributed by atoms with Crippen molar-refractivity contribution in [1.82, 2.24) is 5.32 Å². The third-order valence-corrected chi connectivity index (χ3v) is 2.72. The second kappa shape index (κ2) is 4.34. The molecule has 15 heavy (non-hydrogen) atoms. The predicted molar refractivity (Wildman–Crippen MR) is 60.6 cm³/mol. The third-order valence-electron chi connectivity index (χ3n) is 2.72. The molecule has 1 aromatic rings. The smallest absolute Gasteiger partial charge is 0.251 e. The Labute approximate surface area is 90.4 Å². The first kappa shape index (κ1) is 11.6. The van der Waals surface area contributed by atoms with Gasteiger partial charge in [-0.2, -0.15) is 0 Å². The van der Waals surface area contributed by atoms with Crippen molar-refractivity contribution in [3.8, 4) is 5.75 Å². The van der Waals surface area contributed by atoms with Crippen molar-refractivity contribution in [3.05, 3.63) is 28.3 Å². The predicted octanol–water partition coefficient (Wildman–Crippen LogP) is 1.98. The van der Waals surface area contributed by atoms with Crippen molar-refractivity contribution in [2.45, 2.75) is 20.8 Å². The first-order valence-electron chi connectivity index (χ1n) is 4.89. The Morgan fingerprint density at radius 1 is 1.27 bits per heavy atom. The molecule has 3 heteroatoms. The minimum Gasteiger partial charge on any atom is -0.496 e.